The van der Waals surface area contributed by atoms with Crippen LogP contribution in [0, 0.1) is 0 Å². The fraction of sp³-hybridized carbons (Fsp3) is 0.0435. The molecule has 0 aliphatic heterocycles. The van der Waals surface area contributed by atoms with Crippen LogP contribution in [0.1, 0.15) is 5.56 Å². The predicted octanol–water partition coefficient (Wildman–Crippen LogP) is 5.89. The minimum Gasteiger partial charge on any atom is -0.465 e. The van der Waals surface area contributed by atoms with E-state index in [2.05, 4.69) is 31.1 Å². The van der Waals surface area contributed by atoms with Gasteiger partial charge in [-0.05, 0) is 54.1 Å². The summed E-state index contributed by atoms with van der Waals surface area (Å²) in [5, 5.41) is 23.2. The van der Waals surface area contributed by atoms with Crippen molar-refractivity contribution < 1.29 is 27.9 Å². The van der Waals surface area contributed by atoms with E-state index in [4.69, 9.17) is 5.11 Å². The Bertz CT molecular complexity index is 1370. The second kappa shape index (κ2) is 9.55. The van der Waals surface area contributed by atoms with E-state index in [0.29, 0.717) is 28.1 Å². The molecule has 3 amide bonds. The predicted molar refractivity (Wildman–Crippen MR) is 123 cm³/mol. The van der Waals surface area contributed by atoms with Crippen molar-refractivity contribution in [1.29, 1.82) is 0 Å². The normalized spacial score (nSPS) is 11.1. The van der Waals surface area contributed by atoms with Gasteiger partial charge in [0.25, 0.3) is 0 Å². The highest BCUT2D eigenvalue weighted by molar-refractivity contribution is 6.00. The van der Waals surface area contributed by atoms with Gasteiger partial charge in [0.15, 0.2) is 0 Å². The van der Waals surface area contributed by atoms with Crippen LogP contribution in [0.3, 0.4) is 0 Å². The molecule has 5 N–H and O–H groups in total. The van der Waals surface area contributed by atoms with E-state index in [1.165, 1.54) is 6.20 Å². The number of carbonyl (C=O) groups is 2. The molecule has 0 spiro atoms. The Morgan fingerprint density at radius 2 is 1.63 bits per heavy atom. The Morgan fingerprint density at radius 1 is 0.886 bits per heavy atom. The van der Waals surface area contributed by atoms with Crippen LogP contribution in [0.5, 0.6) is 0 Å². The lowest BCUT2D eigenvalue weighted by Crippen LogP contribution is -2.19. The summed E-state index contributed by atoms with van der Waals surface area (Å²) in [5.74, 6) is 0.150. The molecular formula is C23H17F3N6O3. The summed E-state index contributed by atoms with van der Waals surface area (Å²) in [7, 11) is 0. The molecule has 4 aromatic rings. The molecule has 0 saturated heterocycles. The maximum absolute atomic E-state index is 12.7. The number of aromatic nitrogens is 3. The topological polar surface area (TPSA) is 132 Å². The number of benzene rings is 2. The first-order valence-corrected chi connectivity index (χ1v) is 10.0. The highest BCUT2D eigenvalue weighted by Gasteiger charge is 2.30. The van der Waals surface area contributed by atoms with Crippen molar-refractivity contribution in [2.75, 3.05) is 16.0 Å². The van der Waals surface area contributed by atoms with Gasteiger partial charge in [0.1, 0.15) is 5.82 Å². The van der Waals surface area contributed by atoms with Crippen LogP contribution in [0.15, 0.2) is 73.1 Å². The number of nitrogens with one attached hydrogen (secondary N) is 4. The number of amides is 3. The van der Waals surface area contributed by atoms with Crippen LogP contribution < -0.4 is 16.0 Å². The molecule has 0 atom stereocenters. The van der Waals surface area contributed by atoms with Crippen molar-refractivity contribution in [2.24, 2.45) is 0 Å². The molecule has 0 radical (unpaired) electrons. The highest BCUT2D eigenvalue weighted by atomic mass is 19.4. The first-order valence-electron chi connectivity index (χ1n) is 10.0. The smallest absolute Gasteiger partial charge is 0.416 e. The van der Waals surface area contributed by atoms with E-state index in [9.17, 15) is 22.8 Å². The van der Waals surface area contributed by atoms with Crippen molar-refractivity contribution in [3.8, 4) is 22.4 Å². The summed E-state index contributed by atoms with van der Waals surface area (Å²) in [6.07, 6.45) is -2.67. The number of pyridine rings is 1. The second-order valence-electron chi connectivity index (χ2n) is 7.25. The Hall–Kier alpha value is -4.87. The van der Waals surface area contributed by atoms with E-state index in [-0.39, 0.29) is 11.5 Å². The van der Waals surface area contributed by atoms with E-state index < -0.39 is 23.9 Å². The van der Waals surface area contributed by atoms with Crippen molar-refractivity contribution in [3.63, 3.8) is 0 Å². The SMILES string of the molecule is O=C(O)Nc1cc(-c2cn[nH]c2-c2cccc(NC(=O)Nc3ccc(C(F)(F)F)cc3)c2)ccn1. The Kier molecular flexibility index (Phi) is 6.36. The van der Waals surface area contributed by atoms with Gasteiger partial charge in [-0.2, -0.15) is 18.3 Å². The number of halogens is 3. The van der Waals surface area contributed by atoms with E-state index in [1.807, 2.05) is 0 Å². The van der Waals surface area contributed by atoms with Gasteiger partial charge in [-0.25, -0.2) is 14.6 Å². The van der Waals surface area contributed by atoms with Crippen LogP contribution in [0.4, 0.5) is 40.0 Å². The lowest BCUT2D eigenvalue weighted by Gasteiger charge is -2.11. The molecule has 35 heavy (non-hydrogen) atoms. The number of hydrogen-bond donors (Lipinski definition) is 5. The zero-order valence-electron chi connectivity index (χ0n) is 17.7. The fourth-order valence-corrected chi connectivity index (χ4v) is 3.29. The quantitative estimate of drug-likeness (QED) is 0.242. The molecule has 4 rings (SSSR count). The number of nitrogens with zero attached hydrogens (tertiary/aromatic N) is 2. The number of alkyl halides is 3. The molecule has 0 saturated carbocycles. The number of anilines is 3. The number of aromatic amines is 1. The summed E-state index contributed by atoms with van der Waals surface area (Å²) in [6, 6.07) is 13.5. The molecule has 2 heterocycles. The van der Waals surface area contributed by atoms with Gasteiger partial charge < -0.3 is 15.7 Å². The van der Waals surface area contributed by atoms with Crippen LogP contribution in [0.25, 0.3) is 22.4 Å². The van der Waals surface area contributed by atoms with Crippen molar-refractivity contribution >= 4 is 29.3 Å². The number of carbonyl (C=O) groups excluding carboxylic acids is 1. The third-order valence-electron chi connectivity index (χ3n) is 4.82. The summed E-state index contributed by atoms with van der Waals surface area (Å²) >= 11 is 0. The standard InChI is InChI=1S/C23H17F3N6O3/c24-23(25,26)15-4-6-16(7-5-15)29-21(33)30-17-3-1-2-14(10-17)20-18(12-28-32-20)13-8-9-27-19(11-13)31-22(34)35/h1-12H,(H,27,31)(H,28,32)(H,34,35)(H2,29,30,33). The second-order valence-corrected chi connectivity index (χ2v) is 7.25. The van der Waals surface area contributed by atoms with Gasteiger partial charge in [-0.3, -0.25) is 10.4 Å². The number of rotatable bonds is 5. The number of H-pyrrole nitrogens is 1. The van der Waals surface area contributed by atoms with E-state index >= 15 is 0 Å². The lowest BCUT2D eigenvalue weighted by atomic mass is 10.0. The Balaban J connectivity index is 1.50. The maximum Gasteiger partial charge on any atom is 0.416 e. The molecule has 0 fully saturated rings. The average Bonchev–Trinajstić information content (AvgIpc) is 3.29. The van der Waals surface area contributed by atoms with Gasteiger partial charge in [0, 0.05) is 28.7 Å². The summed E-state index contributed by atoms with van der Waals surface area (Å²) in [4.78, 5) is 27.2. The van der Waals surface area contributed by atoms with Crippen LogP contribution in [0.2, 0.25) is 0 Å². The monoisotopic (exact) mass is 482 g/mol. The molecule has 178 valence electrons. The molecule has 2 aromatic heterocycles. The Labute approximate surface area is 196 Å². The largest absolute Gasteiger partial charge is 0.465 e. The van der Waals surface area contributed by atoms with Gasteiger partial charge in [-0.15, -0.1) is 0 Å². The third kappa shape index (κ3) is 5.74. The molecule has 0 aliphatic carbocycles. The van der Waals surface area contributed by atoms with Gasteiger partial charge in [0.05, 0.1) is 17.5 Å². The maximum atomic E-state index is 12.7. The van der Waals surface area contributed by atoms with Gasteiger partial charge in [0.2, 0.25) is 0 Å². The minimum atomic E-state index is -4.46. The third-order valence-corrected chi connectivity index (χ3v) is 4.82. The fourth-order valence-electron chi connectivity index (χ4n) is 3.29. The Morgan fingerprint density at radius 3 is 2.34 bits per heavy atom. The number of hydrogen-bond acceptors (Lipinski definition) is 4. The molecule has 2 aromatic carbocycles. The van der Waals surface area contributed by atoms with Gasteiger partial charge >= 0.3 is 18.3 Å². The summed E-state index contributed by atoms with van der Waals surface area (Å²) in [6.45, 7) is 0. The number of carboxylic acid groups (broad SMARTS) is 1. The first-order chi connectivity index (χ1) is 16.7. The molecule has 0 bridgehead atoms. The lowest BCUT2D eigenvalue weighted by molar-refractivity contribution is -0.137. The molecule has 0 unspecified atom stereocenters. The average molecular weight is 482 g/mol. The van der Waals surface area contributed by atoms with Crippen LogP contribution in [-0.4, -0.2) is 32.4 Å². The first kappa shape index (κ1) is 23.3. The molecular weight excluding hydrogens is 465 g/mol. The minimum absolute atomic E-state index is 0.150. The van der Waals surface area contributed by atoms with Crippen molar-refractivity contribution in [1.82, 2.24) is 15.2 Å². The highest BCUT2D eigenvalue weighted by Crippen LogP contribution is 2.32. The zero-order valence-corrected chi connectivity index (χ0v) is 17.7. The summed E-state index contributed by atoms with van der Waals surface area (Å²) < 4.78 is 38.1. The van der Waals surface area contributed by atoms with E-state index in [0.717, 1.165) is 24.3 Å². The molecule has 12 heteroatoms. The van der Waals surface area contributed by atoms with Crippen molar-refractivity contribution in [2.45, 2.75) is 6.18 Å². The number of urea groups is 1. The van der Waals surface area contributed by atoms with Crippen molar-refractivity contribution in [3.05, 3.63) is 78.6 Å². The summed E-state index contributed by atoms with van der Waals surface area (Å²) in [5.41, 5.74) is 2.43. The van der Waals surface area contributed by atoms with Crippen LogP contribution in [-0.2, 0) is 6.18 Å². The van der Waals surface area contributed by atoms with E-state index in [1.54, 1.807) is 42.6 Å². The van der Waals surface area contributed by atoms with Gasteiger partial charge in [-0.1, -0.05) is 12.1 Å². The molecule has 0 aliphatic rings. The molecule has 9 nitrogen and oxygen atoms in total. The van der Waals surface area contributed by atoms with Crippen LogP contribution >= 0.6 is 0 Å². The zero-order chi connectivity index (χ0) is 25.0.